The van der Waals surface area contributed by atoms with Crippen molar-refractivity contribution >= 4 is 31.2 Å². The van der Waals surface area contributed by atoms with Crippen molar-refractivity contribution < 1.29 is 26.4 Å². The van der Waals surface area contributed by atoms with E-state index in [0.717, 1.165) is 12.7 Å². The Hall–Kier alpha value is -1.87. The molecule has 0 amide bonds. The van der Waals surface area contributed by atoms with Gasteiger partial charge in [0.25, 0.3) is 0 Å². The molecule has 2 aromatic heterocycles. The molecule has 0 saturated heterocycles. The zero-order valence-corrected chi connectivity index (χ0v) is 19.4. The summed E-state index contributed by atoms with van der Waals surface area (Å²) in [4.78, 5) is 11.8. The topological polar surface area (TPSA) is 99.0 Å². The number of aromatic nitrogens is 1. The van der Waals surface area contributed by atoms with E-state index in [2.05, 4.69) is 0 Å². The number of ether oxygens (including phenoxy) is 1. The molecule has 9 heteroatoms. The molecule has 0 aliphatic carbocycles. The molecule has 162 valence electrons. The molecular weight excluding hydrogens is 414 g/mol. The lowest BCUT2D eigenvalue weighted by Crippen LogP contribution is -2.17. The van der Waals surface area contributed by atoms with Crippen LogP contribution in [0.15, 0.2) is 28.1 Å². The number of rotatable bonds is 7. The molecule has 29 heavy (non-hydrogen) atoms. The Kier molecular flexibility index (Phi) is 6.54. The molecule has 0 atom stereocenters. The lowest BCUT2D eigenvalue weighted by Gasteiger charge is -2.19. The van der Waals surface area contributed by atoms with Crippen LogP contribution in [0.4, 0.5) is 0 Å². The van der Waals surface area contributed by atoms with Crippen LogP contribution < -0.4 is 0 Å². The summed E-state index contributed by atoms with van der Waals surface area (Å²) in [7, 11) is -6.86. The second kappa shape index (κ2) is 8.10. The van der Waals surface area contributed by atoms with Gasteiger partial charge in [-0.2, -0.15) is 0 Å². The average Bonchev–Trinajstić information content (AvgIpc) is 2.96. The molecular formula is C20H29NO6S2. The van der Waals surface area contributed by atoms with E-state index >= 15 is 0 Å². The number of hydrogen-bond acceptors (Lipinski definition) is 6. The van der Waals surface area contributed by atoms with E-state index in [1.807, 2.05) is 20.8 Å². The summed E-state index contributed by atoms with van der Waals surface area (Å²) in [5.41, 5.74) is 0.435. The summed E-state index contributed by atoms with van der Waals surface area (Å²) in [6.07, 6.45) is 2.15. The Bertz CT molecular complexity index is 1140. The highest BCUT2D eigenvalue weighted by molar-refractivity contribution is 7.94. The Labute approximate surface area is 172 Å². The molecule has 2 heterocycles. The fourth-order valence-electron chi connectivity index (χ4n) is 3.29. The van der Waals surface area contributed by atoms with Crippen molar-refractivity contribution in [1.29, 1.82) is 0 Å². The molecule has 0 fully saturated rings. The van der Waals surface area contributed by atoms with Gasteiger partial charge in [-0.3, -0.25) is 0 Å². The van der Waals surface area contributed by atoms with Crippen LogP contribution in [0.25, 0.3) is 5.52 Å². The fourth-order valence-corrected chi connectivity index (χ4v) is 7.25. The third-order valence-electron chi connectivity index (χ3n) is 4.66. The van der Waals surface area contributed by atoms with Gasteiger partial charge in [0, 0.05) is 6.20 Å². The number of nitrogens with zero attached hydrogens (tertiary/aromatic N) is 1. The zero-order valence-electron chi connectivity index (χ0n) is 17.8. The lowest BCUT2D eigenvalue weighted by molar-refractivity contribution is 0.0588. The normalized spacial score (nSPS) is 13.0. The van der Waals surface area contributed by atoms with Crippen LogP contribution in [0.5, 0.6) is 0 Å². The van der Waals surface area contributed by atoms with E-state index in [9.17, 15) is 21.6 Å². The second-order valence-corrected chi connectivity index (χ2v) is 12.1. The van der Waals surface area contributed by atoms with E-state index in [0.29, 0.717) is 6.42 Å². The van der Waals surface area contributed by atoms with E-state index in [1.54, 1.807) is 26.0 Å². The van der Waals surface area contributed by atoms with E-state index in [1.165, 1.54) is 10.6 Å². The predicted octanol–water partition coefficient (Wildman–Crippen LogP) is 3.39. The Morgan fingerprint density at radius 1 is 1.00 bits per heavy atom. The third-order valence-corrected chi connectivity index (χ3v) is 8.74. The molecule has 0 unspecified atom stereocenters. The lowest BCUT2D eigenvalue weighted by atomic mass is 9.87. The summed E-state index contributed by atoms with van der Waals surface area (Å²) >= 11 is 0. The number of hydrogen-bond donors (Lipinski definition) is 0. The van der Waals surface area contributed by atoms with Crippen molar-refractivity contribution in [2.75, 3.05) is 18.6 Å². The molecule has 0 aromatic carbocycles. The van der Waals surface area contributed by atoms with Crippen LogP contribution in [0.2, 0.25) is 0 Å². The maximum Gasteiger partial charge on any atom is 0.356 e. The minimum Gasteiger partial charge on any atom is -0.464 e. The van der Waals surface area contributed by atoms with Gasteiger partial charge in [0.1, 0.15) is 9.79 Å². The standard InChI is InChI=1S/C20H29NO6S2/c1-7-11-28(23,24)17-15-13-14(20(3,4)5)9-10-21(15)16(19(22)27-6)18(17)29(25,26)12-8-2/h9-10,13H,7-8,11-12H2,1-6H3. The number of pyridine rings is 1. The zero-order chi connectivity index (χ0) is 22.2. The van der Waals surface area contributed by atoms with Gasteiger partial charge in [0.2, 0.25) is 0 Å². The van der Waals surface area contributed by atoms with Gasteiger partial charge in [-0.15, -0.1) is 0 Å². The monoisotopic (exact) mass is 443 g/mol. The first kappa shape index (κ1) is 23.4. The number of carbonyl (C=O) groups is 1. The molecule has 0 spiro atoms. The van der Waals surface area contributed by atoms with Crippen LogP contribution >= 0.6 is 0 Å². The summed E-state index contributed by atoms with van der Waals surface area (Å²) in [5, 5.41) is 0. The maximum atomic E-state index is 13.2. The molecule has 0 bridgehead atoms. The highest BCUT2D eigenvalue weighted by atomic mass is 32.2. The SMILES string of the molecule is CCCS(=O)(=O)c1c(S(=O)(=O)CCC)c2cc(C(C)(C)C)ccn2c1C(=O)OC. The number of esters is 1. The summed E-state index contributed by atoms with van der Waals surface area (Å²) < 4.78 is 58.7. The summed E-state index contributed by atoms with van der Waals surface area (Å²) in [6, 6.07) is 3.41. The quantitative estimate of drug-likeness (QED) is 0.608. The van der Waals surface area contributed by atoms with Crippen molar-refractivity contribution in [2.24, 2.45) is 0 Å². The molecule has 0 saturated carbocycles. The maximum absolute atomic E-state index is 13.2. The number of fused-ring (bicyclic) bond motifs is 1. The molecule has 2 aromatic rings. The first-order chi connectivity index (χ1) is 13.3. The second-order valence-electron chi connectivity index (χ2n) is 8.06. The minimum absolute atomic E-state index is 0.181. The Morgan fingerprint density at radius 3 is 1.97 bits per heavy atom. The largest absolute Gasteiger partial charge is 0.464 e. The van der Waals surface area contributed by atoms with Crippen LogP contribution in [-0.4, -0.2) is 45.8 Å². The van der Waals surface area contributed by atoms with Crippen LogP contribution in [0, 0.1) is 0 Å². The smallest absolute Gasteiger partial charge is 0.356 e. The predicted molar refractivity (Wildman–Crippen MR) is 112 cm³/mol. The van der Waals surface area contributed by atoms with Gasteiger partial charge in [-0.05, 0) is 36.0 Å². The van der Waals surface area contributed by atoms with Gasteiger partial charge in [-0.25, -0.2) is 21.6 Å². The summed E-state index contributed by atoms with van der Waals surface area (Å²) in [6.45, 7) is 9.30. The van der Waals surface area contributed by atoms with Crippen LogP contribution in [0.3, 0.4) is 0 Å². The third kappa shape index (κ3) is 4.35. The Morgan fingerprint density at radius 2 is 1.52 bits per heavy atom. The number of sulfone groups is 2. The molecule has 0 aliphatic heterocycles. The van der Waals surface area contributed by atoms with Crippen molar-refractivity contribution in [3.63, 3.8) is 0 Å². The van der Waals surface area contributed by atoms with Gasteiger partial charge < -0.3 is 9.14 Å². The first-order valence-corrected chi connectivity index (χ1v) is 12.8. The van der Waals surface area contributed by atoms with Crippen LogP contribution in [0.1, 0.15) is 63.5 Å². The van der Waals surface area contributed by atoms with E-state index in [4.69, 9.17) is 4.74 Å². The molecule has 7 nitrogen and oxygen atoms in total. The minimum atomic E-state index is -4.04. The fraction of sp³-hybridized carbons (Fsp3) is 0.550. The van der Waals surface area contributed by atoms with Gasteiger partial charge in [0.05, 0.1) is 24.1 Å². The number of carbonyl (C=O) groups excluding carboxylic acids is 1. The average molecular weight is 444 g/mol. The Balaban J connectivity index is 3.17. The van der Waals surface area contributed by atoms with Gasteiger partial charge in [0.15, 0.2) is 25.4 Å². The highest BCUT2D eigenvalue weighted by Gasteiger charge is 2.37. The van der Waals surface area contributed by atoms with E-state index in [-0.39, 0.29) is 39.4 Å². The molecule has 0 aliphatic rings. The first-order valence-electron chi connectivity index (χ1n) is 9.54. The number of methoxy groups -OCH3 is 1. The highest BCUT2D eigenvalue weighted by Crippen LogP contribution is 2.36. The van der Waals surface area contributed by atoms with Crippen molar-refractivity contribution in [3.8, 4) is 0 Å². The van der Waals surface area contributed by atoms with Crippen molar-refractivity contribution in [2.45, 2.75) is 62.7 Å². The molecule has 0 N–H and O–H groups in total. The summed E-state index contributed by atoms with van der Waals surface area (Å²) in [5.74, 6) is -1.38. The van der Waals surface area contributed by atoms with Gasteiger partial charge >= 0.3 is 5.97 Å². The molecule has 2 rings (SSSR count). The van der Waals surface area contributed by atoms with E-state index < -0.39 is 30.5 Å². The van der Waals surface area contributed by atoms with Crippen molar-refractivity contribution in [1.82, 2.24) is 4.40 Å². The van der Waals surface area contributed by atoms with Crippen LogP contribution in [-0.2, 0) is 29.8 Å². The molecule has 0 radical (unpaired) electrons. The van der Waals surface area contributed by atoms with Gasteiger partial charge in [-0.1, -0.05) is 34.6 Å². The van der Waals surface area contributed by atoms with Crippen molar-refractivity contribution in [3.05, 3.63) is 29.6 Å².